The van der Waals surface area contributed by atoms with Gasteiger partial charge in [0.2, 0.25) is 0 Å². The first kappa shape index (κ1) is 8.92. The first-order valence-electron chi connectivity index (χ1n) is 4.73. The van der Waals surface area contributed by atoms with Gasteiger partial charge in [0.15, 0.2) is 0 Å². The Balaban J connectivity index is 2.50. The minimum absolute atomic E-state index is 0.00215. The van der Waals surface area contributed by atoms with E-state index < -0.39 is 0 Å². The molecular formula is C12H8BrNO. The number of anilines is 1. The second-order valence-corrected chi connectivity index (χ2v) is 4.15. The molecule has 1 N–H and O–H groups in total. The third-order valence-corrected chi connectivity index (χ3v) is 3.37. The number of carbonyl (C=O) groups is 1. The van der Waals surface area contributed by atoms with Crippen molar-refractivity contribution in [1.29, 1.82) is 0 Å². The van der Waals surface area contributed by atoms with Crippen LogP contribution >= 0.6 is 15.9 Å². The van der Waals surface area contributed by atoms with E-state index in [1.165, 1.54) is 5.56 Å². The van der Waals surface area contributed by atoms with Crippen molar-refractivity contribution in [2.24, 2.45) is 0 Å². The number of rotatable bonds is 1. The highest BCUT2D eigenvalue weighted by atomic mass is 79.9. The van der Waals surface area contributed by atoms with Crippen LogP contribution in [-0.4, -0.2) is 5.91 Å². The Bertz CT molecular complexity index is 577. The van der Waals surface area contributed by atoms with Gasteiger partial charge in [0, 0.05) is 22.0 Å². The first-order chi connectivity index (χ1) is 7.31. The summed E-state index contributed by atoms with van der Waals surface area (Å²) in [6, 6.07) is 9.86. The lowest BCUT2D eigenvalue weighted by Crippen LogP contribution is -2.03. The maximum atomic E-state index is 11.6. The van der Waals surface area contributed by atoms with Gasteiger partial charge in [-0.15, -0.1) is 0 Å². The summed E-state index contributed by atoms with van der Waals surface area (Å²) < 4.78 is 0. The topological polar surface area (TPSA) is 29.1 Å². The lowest BCUT2D eigenvalue weighted by Gasteiger charge is -2.04. The van der Waals surface area contributed by atoms with E-state index in [2.05, 4.69) is 27.3 Å². The Morgan fingerprint density at radius 1 is 1.20 bits per heavy atom. The fourth-order valence-electron chi connectivity index (χ4n) is 2.07. The molecule has 0 saturated heterocycles. The molecule has 1 amide bonds. The van der Waals surface area contributed by atoms with Gasteiger partial charge in [0.25, 0.3) is 5.91 Å². The van der Waals surface area contributed by atoms with E-state index >= 15 is 0 Å². The van der Waals surface area contributed by atoms with E-state index in [9.17, 15) is 4.79 Å². The molecule has 0 bridgehead atoms. The van der Waals surface area contributed by atoms with Crippen molar-refractivity contribution in [3.63, 3.8) is 0 Å². The van der Waals surface area contributed by atoms with Gasteiger partial charge >= 0.3 is 0 Å². The lowest BCUT2D eigenvalue weighted by atomic mass is 10.0. The third-order valence-electron chi connectivity index (χ3n) is 2.77. The fourth-order valence-corrected chi connectivity index (χ4v) is 2.56. The van der Waals surface area contributed by atoms with Crippen molar-refractivity contribution in [2.45, 2.75) is 5.33 Å². The van der Waals surface area contributed by atoms with Gasteiger partial charge in [-0.3, -0.25) is 4.79 Å². The molecule has 1 heterocycles. The minimum Gasteiger partial charge on any atom is -0.321 e. The summed E-state index contributed by atoms with van der Waals surface area (Å²) in [6.07, 6.45) is 0. The van der Waals surface area contributed by atoms with Crippen LogP contribution in [0.1, 0.15) is 15.9 Å². The van der Waals surface area contributed by atoms with E-state index in [1.54, 1.807) is 0 Å². The van der Waals surface area contributed by atoms with Gasteiger partial charge in [-0.2, -0.15) is 0 Å². The SMILES string of the molecule is O=C1Nc2ccc(CBr)c3cccc1c23. The number of halogens is 1. The third kappa shape index (κ3) is 1.13. The van der Waals surface area contributed by atoms with Gasteiger partial charge < -0.3 is 5.32 Å². The summed E-state index contributed by atoms with van der Waals surface area (Å²) in [5.41, 5.74) is 2.92. The summed E-state index contributed by atoms with van der Waals surface area (Å²) in [6.45, 7) is 0. The van der Waals surface area contributed by atoms with Crippen LogP contribution in [0.25, 0.3) is 10.8 Å². The maximum Gasteiger partial charge on any atom is 0.256 e. The molecule has 0 fully saturated rings. The summed E-state index contributed by atoms with van der Waals surface area (Å²) in [7, 11) is 0. The second-order valence-electron chi connectivity index (χ2n) is 3.59. The molecule has 0 aromatic heterocycles. The molecule has 0 aliphatic carbocycles. The predicted molar refractivity (Wildman–Crippen MR) is 64.5 cm³/mol. The minimum atomic E-state index is 0.00215. The average molecular weight is 262 g/mol. The quantitative estimate of drug-likeness (QED) is 0.785. The van der Waals surface area contributed by atoms with Crippen molar-refractivity contribution in [1.82, 2.24) is 0 Å². The molecule has 0 saturated carbocycles. The Morgan fingerprint density at radius 2 is 2.07 bits per heavy atom. The van der Waals surface area contributed by atoms with Crippen LogP contribution in [0.15, 0.2) is 30.3 Å². The van der Waals surface area contributed by atoms with Crippen LogP contribution in [0, 0.1) is 0 Å². The smallest absolute Gasteiger partial charge is 0.256 e. The van der Waals surface area contributed by atoms with Gasteiger partial charge in [-0.1, -0.05) is 34.1 Å². The zero-order chi connectivity index (χ0) is 10.4. The molecule has 0 atom stereocenters. The molecule has 0 spiro atoms. The normalized spacial score (nSPS) is 13.3. The first-order valence-corrected chi connectivity index (χ1v) is 5.85. The number of alkyl halides is 1. The molecular weight excluding hydrogens is 254 g/mol. The van der Waals surface area contributed by atoms with Gasteiger partial charge in [0.1, 0.15) is 0 Å². The van der Waals surface area contributed by atoms with Crippen LogP contribution in [0.5, 0.6) is 0 Å². The second kappa shape index (κ2) is 3.07. The van der Waals surface area contributed by atoms with Crippen LogP contribution in [0.3, 0.4) is 0 Å². The molecule has 1 aliphatic heterocycles. The van der Waals surface area contributed by atoms with E-state index in [0.29, 0.717) is 0 Å². The Labute approximate surface area is 95.4 Å². The molecule has 1 aliphatic rings. The van der Waals surface area contributed by atoms with Gasteiger partial charge in [0.05, 0.1) is 0 Å². The highest BCUT2D eigenvalue weighted by Gasteiger charge is 2.21. The molecule has 2 aromatic carbocycles. The van der Waals surface area contributed by atoms with E-state index in [4.69, 9.17) is 0 Å². The van der Waals surface area contributed by atoms with Gasteiger partial charge in [-0.25, -0.2) is 0 Å². The van der Waals surface area contributed by atoms with Crippen molar-refractivity contribution in [3.05, 3.63) is 41.5 Å². The van der Waals surface area contributed by atoms with Gasteiger partial charge in [-0.05, 0) is 23.1 Å². The molecule has 2 aromatic rings. The largest absolute Gasteiger partial charge is 0.321 e. The number of nitrogens with one attached hydrogen (secondary N) is 1. The Kier molecular flexibility index (Phi) is 1.83. The molecule has 0 radical (unpaired) electrons. The van der Waals surface area contributed by atoms with Crippen LogP contribution in [0.2, 0.25) is 0 Å². The van der Waals surface area contributed by atoms with E-state index in [-0.39, 0.29) is 5.91 Å². The van der Waals surface area contributed by atoms with Crippen molar-refractivity contribution < 1.29 is 4.79 Å². The average Bonchev–Trinajstić information content (AvgIpc) is 2.59. The van der Waals surface area contributed by atoms with Crippen molar-refractivity contribution >= 4 is 38.3 Å². The lowest BCUT2D eigenvalue weighted by molar-refractivity contribution is 0.103. The Hall–Kier alpha value is -1.35. The van der Waals surface area contributed by atoms with Crippen molar-refractivity contribution in [3.8, 4) is 0 Å². The number of hydrogen-bond donors (Lipinski definition) is 1. The summed E-state index contributed by atoms with van der Waals surface area (Å²) in [4.78, 5) is 11.6. The predicted octanol–water partition coefficient (Wildman–Crippen LogP) is 3.30. The standard InChI is InChI=1S/C12H8BrNO/c13-6-7-4-5-10-11-8(7)2-1-3-9(11)12(15)14-10/h1-5H,6H2,(H,14,15). The zero-order valence-corrected chi connectivity index (χ0v) is 9.47. The fraction of sp³-hybridized carbons (Fsp3) is 0.0833. The highest BCUT2D eigenvalue weighted by Crippen LogP contribution is 2.35. The molecule has 74 valence electrons. The zero-order valence-electron chi connectivity index (χ0n) is 7.88. The van der Waals surface area contributed by atoms with Crippen LogP contribution in [0.4, 0.5) is 5.69 Å². The molecule has 3 rings (SSSR count). The summed E-state index contributed by atoms with van der Waals surface area (Å²) in [5.74, 6) is 0.00215. The molecule has 2 nitrogen and oxygen atoms in total. The monoisotopic (exact) mass is 261 g/mol. The molecule has 3 heteroatoms. The van der Waals surface area contributed by atoms with E-state index in [0.717, 1.165) is 27.4 Å². The summed E-state index contributed by atoms with van der Waals surface area (Å²) in [5, 5.41) is 5.88. The number of benzene rings is 2. The van der Waals surface area contributed by atoms with E-state index in [1.807, 2.05) is 24.3 Å². The highest BCUT2D eigenvalue weighted by molar-refractivity contribution is 9.08. The van der Waals surface area contributed by atoms with Crippen LogP contribution < -0.4 is 5.32 Å². The number of carbonyl (C=O) groups excluding carboxylic acids is 1. The van der Waals surface area contributed by atoms with Crippen LogP contribution in [-0.2, 0) is 5.33 Å². The van der Waals surface area contributed by atoms with Crippen molar-refractivity contribution in [2.75, 3.05) is 5.32 Å². The molecule has 0 unspecified atom stereocenters. The number of hydrogen-bond acceptors (Lipinski definition) is 1. The Morgan fingerprint density at radius 3 is 2.87 bits per heavy atom. The maximum absolute atomic E-state index is 11.6. The molecule has 15 heavy (non-hydrogen) atoms. The number of amides is 1. The summed E-state index contributed by atoms with van der Waals surface area (Å²) >= 11 is 3.46.